The highest BCUT2D eigenvalue weighted by Gasteiger charge is 2.54. The Kier molecular flexibility index (Phi) is 4.72. The molecule has 5 heteroatoms. The van der Waals surface area contributed by atoms with E-state index in [0.29, 0.717) is 5.91 Å². The highest BCUT2D eigenvalue weighted by atomic mass is 16.5. The minimum Gasteiger partial charge on any atom is -0.497 e. The van der Waals surface area contributed by atoms with Crippen LogP contribution in [-0.4, -0.2) is 50.7 Å². The number of carbonyl (C=O) groups excluding carboxylic acids is 1. The molecule has 1 amide bonds. The van der Waals surface area contributed by atoms with E-state index in [2.05, 4.69) is 31.3 Å². The first-order chi connectivity index (χ1) is 11.5. The van der Waals surface area contributed by atoms with E-state index in [1.807, 2.05) is 11.0 Å². The molecule has 1 aromatic rings. The molecule has 1 N–H and O–H groups in total. The summed E-state index contributed by atoms with van der Waals surface area (Å²) in [6.07, 6.45) is 1.78. The fraction of sp³-hybridized carbons (Fsp3) is 0.632. The molecule has 1 unspecified atom stereocenters. The van der Waals surface area contributed by atoms with Gasteiger partial charge in [0.05, 0.1) is 19.6 Å². The lowest BCUT2D eigenvalue weighted by Gasteiger charge is -2.37. The van der Waals surface area contributed by atoms with Crippen molar-refractivity contribution in [2.45, 2.75) is 38.6 Å². The van der Waals surface area contributed by atoms with Crippen molar-refractivity contribution < 1.29 is 14.3 Å². The standard InChI is InChI=1S/C19H28N2O3/c1-13(2)21-12-17(19(18(21)22)5-7-20-8-6-19)14-9-15(23-3)11-16(10-14)24-4/h9-11,13,17,20H,5-8,12H2,1-4H3. The maximum absolute atomic E-state index is 13.3. The van der Waals surface area contributed by atoms with Gasteiger partial charge in [0, 0.05) is 24.6 Å². The molecule has 24 heavy (non-hydrogen) atoms. The number of amides is 1. The van der Waals surface area contributed by atoms with Crippen molar-refractivity contribution in [1.82, 2.24) is 10.2 Å². The number of methoxy groups -OCH3 is 2. The molecule has 1 spiro atoms. The van der Waals surface area contributed by atoms with Gasteiger partial charge in [-0.25, -0.2) is 0 Å². The summed E-state index contributed by atoms with van der Waals surface area (Å²) in [4.78, 5) is 15.3. The average Bonchev–Trinajstić information content (AvgIpc) is 2.88. The highest BCUT2D eigenvalue weighted by molar-refractivity contribution is 5.87. The van der Waals surface area contributed by atoms with Gasteiger partial charge >= 0.3 is 0 Å². The average molecular weight is 332 g/mol. The van der Waals surface area contributed by atoms with E-state index in [9.17, 15) is 4.79 Å². The van der Waals surface area contributed by atoms with Crippen LogP contribution in [0, 0.1) is 5.41 Å². The monoisotopic (exact) mass is 332 g/mol. The van der Waals surface area contributed by atoms with Crippen LogP contribution >= 0.6 is 0 Å². The third-order valence-electron chi connectivity index (χ3n) is 5.63. The summed E-state index contributed by atoms with van der Waals surface area (Å²) in [6.45, 7) is 6.76. The van der Waals surface area contributed by atoms with Crippen molar-refractivity contribution in [3.8, 4) is 11.5 Å². The first-order valence-corrected chi connectivity index (χ1v) is 8.76. The van der Waals surface area contributed by atoms with Gasteiger partial charge in [0.15, 0.2) is 0 Å². The molecule has 2 aliphatic heterocycles. The summed E-state index contributed by atoms with van der Waals surface area (Å²) >= 11 is 0. The number of nitrogens with one attached hydrogen (secondary N) is 1. The largest absolute Gasteiger partial charge is 0.497 e. The third-order valence-corrected chi connectivity index (χ3v) is 5.63. The Bertz CT molecular complexity index is 586. The predicted molar refractivity (Wildman–Crippen MR) is 93.7 cm³/mol. The normalized spacial score (nSPS) is 23.1. The second-order valence-corrected chi connectivity index (χ2v) is 7.16. The van der Waals surface area contributed by atoms with Crippen LogP contribution in [0.25, 0.3) is 0 Å². The number of likely N-dealkylation sites (tertiary alicyclic amines) is 1. The van der Waals surface area contributed by atoms with E-state index in [1.54, 1.807) is 14.2 Å². The number of piperidine rings is 1. The lowest BCUT2D eigenvalue weighted by atomic mass is 9.68. The fourth-order valence-electron chi connectivity index (χ4n) is 4.23. The summed E-state index contributed by atoms with van der Waals surface area (Å²) < 4.78 is 10.9. The Labute approximate surface area is 144 Å². The van der Waals surface area contributed by atoms with Crippen LogP contribution in [0.15, 0.2) is 18.2 Å². The van der Waals surface area contributed by atoms with Gasteiger partial charge in [0.2, 0.25) is 5.91 Å². The van der Waals surface area contributed by atoms with Gasteiger partial charge < -0.3 is 19.7 Å². The third kappa shape index (κ3) is 2.75. The zero-order valence-electron chi connectivity index (χ0n) is 15.1. The second-order valence-electron chi connectivity index (χ2n) is 7.16. The zero-order valence-corrected chi connectivity index (χ0v) is 15.1. The summed E-state index contributed by atoms with van der Waals surface area (Å²) in [7, 11) is 3.33. The van der Waals surface area contributed by atoms with Crippen molar-refractivity contribution in [3.63, 3.8) is 0 Å². The predicted octanol–water partition coefficient (Wildman–Crippen LogP) is 2.41. The molecule has 1 atom stereocenters. The van der Waals surface area contributed by atoms with E-state index in [1.165, 1.54) is 0 Å². The van der Waals surface area contributed by atoms with Crippen LogP contribution in [0.3, 0.4) is 0 Å². The molecule has 2 fully saturated rings. The number of nitrogens with zero attached hydrogens (tertiary/aromatic N) is 1. The van der Waals surface area contributed by atoms with Crippen molar-refractivity contribution >= 4 is 5.91 Å². The SMILES string of the molecule is COc1cc(OC)cc(C2CN(C(C)C)C(=O)C23CCNCC3)c1. The van der Waals surface area contributed by atoms with Crippen molar-refractivity contribution in [1.29, 1.82) is 0 Å². The molecule has 2 saturated heterocycles. The lowest BCUT2D eigenvalue weighted by Crippen LogP contribution is -2.45. The number of rotatable bonds is 4. The Morgan fingerprint density at radius 2 is 1.71 bits per heavy atom. The molecule has 2 aliphatic rings. The van der Waals surface area contributed by atoms with Gasteiger partial charge in [-0.2, -0.15) is 0 Å². The van der Waals surface area contributed by atoms with E-state index in [0.717, 1.165) is 49.5 Å². The maximum Gasteiger partial charge on any atom is 0.229 e. The number of benzene rings is 1. The molecule has 3 rings (SSSR count). The molecular formula is C19H28N2O3. The lowest BCUT2D eigenvalue weighted by molar-refractivity contribution is -0.139. The molecule has 0 radical (unpaired) electrons. The minimum absolute atomic E-state index is 0.179. The van der Waals surface area contributed by atoms with Gasteiger partial charge in [0.1, 0.15) is 11.5 Å². The first-order valence-electron chi connectivity index (χ1n) is 8.76. The van der Waals surface area contributed by atoms with E-state index in [-0.39, 0.29) is 17.4 Å². The van der Waals surface area contributed by atoms with E-state index >= 15 is 0 Å². The highest BCUT2D eigenvalue weighted by Crippen LogP contribution is 2.51. The van der Waals surface area contributed by atoms with Crippen LogP contribution in [0.1, 0.15) is 38.2 Å². The second kappa shape index (κ2) is 6.63. The molecule has 132 valence electrons. The van der Waals surface area contributed by atoms with Gasteiger partial charge in [-0.1, -0.05) is 0 Å². The summed E-state index contributed by atoms with van der Waals surface area (Å²) in [5, 5.41) is 3.40. The Hall–Kier alpha value is -1.75. The van der Waals surface area contributed by atoms with Crippen molar-refractivity contribution in [2.24, 2.45) is 5.41 Å². The number of ether oxygens (including phenoxy) is 2. The Balaban J connectivity index is 2.05. The Morgan fingerprint density at radius 1 is 1.12 bits per heavy atom. The van der Waals surface area contributed by atoms with Crippen LogP contribution in [0.5, 0.6) is 11.5 Å². The molecule has 0 aliphatic carbocycles. The summed E-state index contributed by atoms with van der Waals surface area (Å²) in [5.41, 5.74) is 0.844. The van der Waals surface area contributed by atoms with Crippen molar-refractivity contribution in [2.75, 3.05) is 33.9 Å². The van der Waals surface area contributed by atoms with Crippen molar-refractivity contribution in [3.05, 3.63) is 23.8 Å². The molecule has 5 nitrogen and oxygen atoms in total. The van der Waals surface area contributed by atoms with Gasteiger partial charge in [0.25, 0.3) is 0 Å². The van der Waals surface area contributed by atoms with Crippen LogP contribution in [0.4, 0.5) is 0 Å². The summed E-state index contributed by atoms with van der Waals surface area (Å²) in [6, 6.07) is 6.24. The molecular weight excluding hydrogens is 304 g/mol. The van der Waals surface area contributed by atoms with Gasteiger partial charge in [-0.15, -0.1) is 0 Å². The molecule has 2 heterocycles. The number of hydrogen-bond donors (Lipinski definition) is 1. The van der Waals surface area contributed by atoms with Gasteiger partial charge in [-0.3, -0.25) is 4.79 Å². The zero-order chi connectivity index (χ0) is 17.3. The summed E-state index contributed by atoms with van der Waals surface area (Å²) in [5.74, 6) is 2.05. The number of hydrogen-bond acceptors (Lipinski definition) is 4. The molecule has 1 aromatic carbocycles. The Morgan fingerprint density at radius 3 is 2.21 bits per heavy atom. The molecule has 0 saturated carbocycles. The molecule has 0 bridgehead atoms. The minimum atomic E-state index is -0.299. The van der Waals surface area contributed by atoms with Crippen LogP contribution in [-0.2, 0) is 4.79 Å². The smallest absolute Gasteiger partial charge is 0.229 e. The quantitative estimate of drug-likeness (QED) is 0.920. The topological polar surface area (TPSA) is 50.8 Å². The first kappa shape index (κ1) is 17.1. The van der Waals surface area contributed by atoms with E-state index < -0.39 is 0 Å². The molecule has 0 aromatic heterocycles. The fourth-order valence-corrected chi connectivity index (χ4v) is 4.23. The van der Waals surface area contributed by atoms with Crippen LogP contribution < -0.4 is 14.8 Å². The van der Waals surface area contributed by atoms with Gasteiger partial charge in [-0.05, 0) is 57.5 Å². The number of carbonyl (C=O) groups is 1. The van der Waals surface area contributed by atoms with Crippen LogP contribution in [0.2, 0.25) is 0 Å². The van der Waals surface area contributed by atoms with E-state index in [4.69, 9.17) is 9.47 Å². The maximum atomic E-state index is 13.3.